The van der Waals surface area contributed by atoms with Gasteiger partial charge in [-0.05, 0) is 18.2 Å². The number of halogens is 12. The molecule has 4 nitrogen and oxygen atoms in total. The van der Waals surface area contributed by atoms with Crippen LogP contribution >= 0.6 is 0 Å². The number of para-hydroxylation sites is 2. The number of hydrogen-bond acceptors (Lipinski definition) is 4. The maximum Gasteiger partial charge on any atom is 0.411 e. The number of phenolic OH excluding ortho intramolecular Hbond substituents is 4. The summed E-state index contributed by atoms with van der Waals surface area (Å²) in [6, 6.07) is 8.16. The van der Waals surface area contributed by atoms with Gasteiger partial charge in [0, 0.05) is 27.7 Å². The molecule has 0 heterocycles. The molecule has 0 spiro atoms. The molecule has 0 aliphatic heterocycles. The molecule has 0 fully saturated rings. The van der Waals surface area contributed by atoms with Crippen LogP contribution < -0.4 is 0 Å². The minimum Gasteiger partial charge on any atom is -0.508 e. The zero-order valence-electron chi connectivity index (χ0n) is 23.1. The Kier molecular flexibility index (Phi) is 9.48. The average molecular weight is 672 g/mol. The van der Waals surface area contributed by atoms with E-state index in [-0.39, 0.29) is 0 Å². The van der Waals surface area contributed by atoms with E-state index >= 15 is 0 Å². The van der Waals surface area contributed by atoms with Crippen molar-refractivity contribution < 1.29 is 73.1 Å². The smallest absolute Gasteiger partial charge is 0.411 e. The minimum atomic E-state index is -5.86. The van der Waals surface area contributed by atoms with Gasteiger partial charge in [-0.25, -0.2) is 13.2 Å². The van der Waals surface area contributed by atoms with Gasteiger partial charge < -0.3 is 20.4 Å². The molecule has 4 N–H and O–H groups in total. The quantitative estimate of drug-likeness (QED) is 0.129. The summed E-state index contributed by atoms with van der Waals surface area (Å²) in [5, 5.41) is 37.3. The molecule has 0 saturated carbocycles. The summed E-state index contributed by atoms with van der Waals surface area (Å²) in [5.41, 5.74) is -11.3. The first-order chi connectivity index (χ1) is 21.0. The van der Waals surface area contributed by atoms with Gasteiger partial charge in [0.05, 0.1) is 0 Å². The summed E-state index contributed by atoms with van der Waals surface area (Å²) in [5.74, 6) is -16.5. The lowest BCUT2D eigenvalue weighted by Crippen LogP contribution is -2.54. The number of phenols is 4. The Morgan fingerprint density at radius 1 is 0.435 bits per heavy atom. The zero-order valence-corrected chi connectivity index (χ0v) is 23.1. The van der Waals surface area contributed by atoms with Crippen molar-refractivity contribution >= 4 is 0 Å². The molecule has 4 aromatic rings. The summed E-state index contributed by atoms with van der Waals surface area (Å²) in [6.45, 7) is 2.00. The topological polar surface area (TPSA) is 80.9 Å². The van der Waals surface area contributed by atoms with Gasteiger partial charge in [-0.1, -0.05) is 56.3 Å². The van der Waals surface area contributed by atoms with Gasteiger partial charge >= 0.3 is 12.4 Å². The van der Waals surface area contributed by atoms with Crippen molar-refractivity contribution in [3.05, 3.63) is 118 Å². The van der Waals surface area contributed by atoms with Crippen LogP contribution in [0.3, 0.4) is 0 Å². The maximum atomic E-state index is 14.0. The summed E-state index contributed by atoms with van der Waals surface area (Å²) >= 11 is 0. The Bertz CT molecular complexity index is 1670. The number of hydrogen-bond donors (Lipinski definition) is 4. The Morgan fingerprint density at radius 3 is 1.20 bits per heavy atom. The van der Waals surface area contributed by atoms with E-state index < -0.39 is 103 Å². The van der Waals surface area contributed by atoms with Crippen molar-refractivity contribution in [2.24, 2.45) is 0 Å². The monoisotopic (exact) mass is 672 g/mol. The van der Waals surface area contributed by atoms with E-state index in [0.717, 1.165) is 62.4 Å². The highest BCUT2D eigenvalue weighted by Gasteiger charge is 2.74. The second-order valence-corrected chi connectivity index (χ2v) is 10.1. The fourth-order valence-corrected chi connectivity index (χ4v) is 4.82. The molecule has 0 bridgehead atoms. The summed E-state index contributed by atoms with van der Waals surface area (Å²) in [6.07, 6.45) is -11.7. The lowest BCUT2D eigenvalue weighted by atomic mass is 9.72. The van der Waals surface area contributed by atoms with Crippen molar-refractivity contribution in [1.29, 1.82) is 0 Å². The molecule has 248 valence electrons. The van der Waals surface area contributed by atoms with Crippen molar-refractivity contribution in [1.82, 2.24) is 0 Å². The molecule has 0 atom stereocenters. The standard InChI is InChI=1S/2C15H10F6O2/c1-15(2,5-3-4-6(22)9(17)8(5)16)7-10(18)12(20)14(23)13(21)11(7)19;16-14(17,18)13(15(19,20)21,9-5-1-3-7-11(9)22)10-6-2-4-8-12(10)23/h3-4,22-23H,1-2H3;1-8,22-23H. The fraction of sp³-hybridized carbons (Fsp3) is 0.200. The normalized spacial score (nSPS) is 12.5. The largest absolute Gasteiger partial charge is 0.508 e. The van der Waals surface area contributed by atoms with E-state index in [2.05, 4.69) is 0 Å². The lowest BCUT2D eigenvalue weighted by molar-refractivity contribution is -0.289. The third-order valence-electron chi connectivity index (χ3n) is 7.07. The molecular formula is C30H20F12O4. The lowest BCUT2D eigenvalue weighted by Gasteiger charge is -2.38. The van der Waals surface area contributed by atoms with E-state index in [1.165, 1.54) is 0 Å². The summed E-state index contributed by atoms with van der Waals surface area (Å²) in [4.78, 5) is 0. The van der Waals surface area contributed by atoms with Crippen LogP contribution in [0.1, 0.15) is 36.1 Å². The Balaban J connectivity index is 0.000000250. The first-order valence-corrected chi connectivity index (χ1v) is 12.5. The molecule has 0 unspecified atom stereocenters. The first kappa shape index (κ1) is 35.7. The molecule has 0 aliphatic carbocycles. The second kappa shape index (κ2) is 12.2. The van der Waals surface area contributed by atoms with Crippen molar-refractivity contribution in [2.45, 2.75) is 37.0 Å². The molecule has 0 saturated heterocycles. The summed E-state index contributed by atoms with van der Waals surface area (Å²) in [7, 11) is 0. The predicted molar refractivity (Wildman–Crippen MR) is 137 cm³/mol. The zero-order chi connectivity index (χ0) is 35.2. The highest BCUT2D eigenvalue weighted by Crippen LogP contribution is 2.59. The SMILES string of the molecule is CC(C)(c1ccc(O)c(F)c1F)c1c(F)c(F)c(O)c(F)c1F.Oc1ccccc1C(c1ccccc1O)(C(F)(F)F)C(F)(F)F. The minimum absolute atomic E-state index is 0.531. The number of rotatable bonds is 4. The molecule has 16 heteroatoms. The number of aromatic hydroxyl groups is 4. The Hall–Kier alpha value is -4.76. The van der Waals surface area contributed by atoms with Gasteiger partial charge in [0.2, 0.25) is 22.9 Å². The van der Waals surface area contributed by atoms with Gasteiger partial charge in [0.1, 0.15) is 11.5 Å². The third-order valence-corrected chi connectivity index (χ3v) is 7.07. The van der Waals surface area contributed by atoms with Crippen molar-refractivity contribution in [2.75, 3.05) is 0 Å². The van der Waals surface area contributed by atoms with E-state index in [1.807, 2.05) is 0 Å². The second-order valence-electron chi connectivity index (χ2n) is 10.1. The van der Waals surface area contributed by atoms with Crippen LogP contribution in [-0.4, -0.2) is 32.8 Å². The van der Waals surface area contributed by atoms with Gasteiger partial charge in [-0.2, -0.15) is 39.5 Å². The Labute approximate surface area is 251 Å². The van der Waals surface area contributed by atoms with Crippen LogP contribution in [0.4, 0.5) is 52.7 Å². The van der Waals surface area contributed by atoms with Crippen LogP contribution in [0.25, 0.3) is 0 Å². The van der Waals surface area contributed by atoms with E-state index in [0.29, 0.717) is 12.1 Å². The Morgan fingerprint density at radius 2 is 0.826 bits per heavy atom. The van der Waals surface area contributed by atoms with Crippen LogP contribution in [0, 0.1) is 34.9 Å². The van der Waals surface area contributed by atoms with Gasteiger partial charge in [-0.15, -0.1) is 0 Å². The average Bonchev–Trinajstić information content (AvgIpc) is 2.95. The summed E-state index contributed by atoms with van der Waals surface area (Å²) < 4.78 is 164. The van der Waals surface area contributed by atoms with E-state index in [1.54, 1.807) is 0 Å². The molecule has 0 aliphatic rings. The van der Waals surface area contributed by atoms with Crippen molar-refractivity contribution in [3.8, 4) is 23.0 Å². The third kappa shape index (κ3) is 5.71. The molecular weight excluding hydrogens is 652 g/mol. The first-order valence-electron chi connectivity index (χ1n) is 12.5. The highest BCUT2D eigenvalue weighted by atomic mass is 19.4. The van der Waals surface area contributed by atoms with Gasteiger partial charge in [0.15, 0.2) is 29.0 Å². The molecule has 0 aromatic heterocycles. The predicted octanol–water partition coefficient (Wildman–Crippen LogP) is 8.77. The number of alkyl halides is 6. The van der Waals surface area contributed by atoms with E-state index in [9.17, 15) is 62.9 Å². The van der Waals surface area contributed by atoms with Crippen LogP contribution in [0.5, 0.6) is 23.0 Å². The van der Waals surface area contributed by atoms with E-state index in [4.69, 9.17) is 10.2 Å². The maximum absolute atomic E-state index is 14.0. The molecule has 0 radical (unpaired) electrons. The molecule has 46 heavy (non-hydrogen) atoms. The van der Waals surface area contributed by atoms with Crippen molar-refractivity contribution in [3.63, 3.8) is 0 Å². The highest BCUT2D eigenvalue weighted by molar-refractivity contribution is 5.54. The fourth-order valence-electron chi connectivity index (χ4n) is 4.82. The van der Waals surface area contributed by atoms with Crippen LogP contribution in [-0.2, 0) is 10.8 Å². The van der Waals surface area contributed by atoms with Gasteiger partial charge in [-0.3, -0.25) is 0 Å². The molecule has 4 aromatic carbocycles. The van der Waals surface area contributed by atoms with Crippen LogP contribution in [0.15, 0.2) is 60.7 Å². The number of benzene rings is 4. The molecule has 4 rings (SSSR count). The molecule has 0 amide bonds. The van der Waals surface area contributed by atoms with Crippen LogP contribution in [0.2, 0.25) is 0 Å². The van der Waals surface area contributed by atoms with Gasteiger partial charge in [0.25, 0.3) is 0 Å².